The molecule has 1 aromatic heterocycles. The Labute approximate surface area is 116 Å². The highest BCUT2D eigenvalue weighted by atomic mass is 16.2. The van der Waals surface area contributed by atoms with Gasteiger partial charge in [0.1, 0.15) is 0 Å². The summed E-state index contributed by atoms with van der Waals surface area (Å²) in [4.78, 5) is 14.0. The molecular weight excluding hydrogens is 250 g/mol. The van der Waals surface area contributed by atoms with E-state index in [9.17, 15) is 4.79 Å². The zero-order valence-corrected chi connectivity index (χ0v) is 11.0. The molecule has 2 aromatic carbocycles. The summed E-state index contributed by atoms with van der Waals surface area (Å²) in [6.07, 6.45) is 0. The number of nitrogens with zero attached hydrogens (tertiary/aromatic N) is 3. The maximum absolute atomic E-state index is 12.4. The van der Waals surface area contributed by atoms with E-state index >= 15 is 0 Å². The topological polar surface area (TPSA) is 46.1 Å². The second kappa shape index (κ2) is 5.09. The molecular formula is C16H13N3O. The van der Waals surface area contributed by atoms with Gasteiger partial charge in [0.25, 0.3) is 5.91 Å². The van der Waals surface area contributed by atoms with Gasteiger partial charge in [-0.1, -0.05) is 36.4 Å². The Morgan fingerprint density at radius 2 is 1.65 bits per heavy atom. The van der Waals surface area contributed by atoms with Gasteiger partial charge in [-0.3, -0.25) is 4.79 Å². The number of carbonyl (C=O) groups is 1. The molecule has 1 amide bonds. The van der Waals surface area contributed by atoms with Gasteiger partial charge in [-0.2, -0.15) is 0 Å². The lowest BCUT2D eigenvalue weighted by Gasteiger charge is -2.16. The molecule has 3 rings (SSSR count). The van der Waals surface area contributed by atoms with Crippen molar-refractivity contribution < 1.29 is 4.79 Å². The van der Waals surface area contributed by atoms with E-state index < -0.39 is 0 Å². The molecule has 0 fully saturated rings. The highest BCUT2D eigenvalue weighted by Gasteiger charge is 2.15. The van der Waals surface area contributed by atoms with Crippen molar-refractivity contribution in [1.82, 2.24) is 10.2 Å². The molecule has 0 radical (unpaired) electrons. The lowest BCUT2D eigenvalue weighted by molar-refractivity contribution is 0.0987. The first kappa shape index (κ1) is 12.3. The average Bonchev–Trinajstić information content (AvgIpc) is 2.54. The van der Waals surface area contributed by atoms with Crippen LogP contribution in [0.4, 0.5) is 5.69 Å². The van der Waals surface area contributed by atoms with E-state index in [0.29, 0.717) is 5.69 Å². The molecule has 0 aliphatic heterocycles. The van der Waals surface area contributed by atoms with Crippen LogP contribution >= 0.6 is 0 Å². The van der Waals surface area contributed by atoms with Crippen LogP contribution in [0.1, 0.15) is 10.5 Å². The second-order valence-corrected chi connectivity index (χ2v) is 4.49. The largest absolute Gasteiger partial charge is 0.310 e. The standard InChI is InChI=1S/C16H13N3O/c1-19(13-8-3-2-4-9-13)16(20)15-11-12-7-5-6-10-14(12)17-18-15/h2-11H,1H3. The van der Waals surface area contributed by atoms with Crippen LogP contribution in [0, 0.1) is 0 Å². The van der Waals surface area contributed by atoms with Gasteiger partial charge in [-0.05, 0) is 24.3 Å². The van der Waals surface area contributed by atoms with Gasteiger partial charge in [-0.15, -0.1) is 10.2 Å². The van der Waals surface area contributed by atoms with Gasteiger partial charge < -0.3 is 4.90 Å². The highest BCUT2D eigenvalue weighted by Crippen LogP contribution is 2.16. The molecule has 0 bridgehead atoms. The van der Waals surface area contributed by atoms with Crippen molar-refractivity contribution in [2.24, 2.45) is 0 Å². The summed E-state index contributed by atoms with van der Waals surface area (Å²) in [5.74, 6) is -0.172. The second-order valence-electron chi connectivity index (χ2n) is 4.49. The van der Waals surface area contributed by atoms with Crippen molar-refractivity contribution >= 4 is 22.5 Å². The van der Waals surface area contributed by atoms with Crippen LogP contribution in [0.2, 0.25) is 0 Å². The molecule has 1 heterocycles. The maximum Gasteiger partial charge on any atom is 0.278 e. The van der Waals surface area contributed by atoms with E-state index in [1.165, 1.54) is 0 Å². The molecule has 4 nitrogen and oxygen atoms in total. The number of amides is 1. The van der Waals surface area contributed by atoms with Crippen molar-refractivity contribution in [2.45, 2.75) is 0 Å². The SMILES string of the molecule is CN(C(=O)c1cc2ccccc2nn1)c1ccccc1. The maximum atomic E-state index is 12.4. The molecule has 0 spiro atoms. The minimum absolute atomic E-state index is 0.172. The van der Waals surface area contributed by atoms with E-state index in [-0.39, 0.29) is 5.91 Å². The zero-order valence-electron chi connectivity index (χ0n) is 11.0. The molecule has 0 unspecified atom stereocenters. The third-order valence-electron chi connectivity index (χ3n) is 3.16. The van der Waals surface area contributed by atoms with Gasteiger partial charge >= 0.3 is 0 Å². The summed E-state index contributed by atoms with van der Waals surface area (Å²) < 4.78 is 0. The third kappa shape index (κ3) is 2.23. The van der Waals surface area contributed by atoms with Crippen LogP contribution in [-0.4, -0.2) is 23.2 Å². The van der Waals surface area contributed by atoms with Crippen molar-refractivity contribution in [3.05, 3.63) is 66.4 Å². The number of benzene rings is 2. The van der Waals surface area contributed by atoms with Gasteiger partial charge in [0.05, 0.1) is 5.52 Å². The molecule has 0 aliphatic rings. The fraction of sp³-hybridized carbons (Fsp3) is 0.0625. The summed E-state index contributed by atoms with van der Waals surface area (Å²) in [7, 11) is 1.73. The van der Waals surface area contributed by atoms with Gasteiger partial charge in [0.2, 0.25) is 0 Å². The van der Waals surface area contributed by atoms with Crippen LogP contribution in [0.15, 0.2) is 60.7 Å². The predicted octanol–water partition coefficient (Wildman–Crippen LogP) is 2.91. The van der Waals surface area contributed by atoms with Gasteiger partial charge in [-0.25, -0.2) is 0 Å². The summed E-state index contributed by atoms with van der Waals surface area (Å²) in [5, 5.41) is 9.00. The lowest BCUT2D eigenvalue weighted by atomic mass is 10.2. The summed E-state index contributed by atoms with van der Waals surface area (Å²) >= 11 is 0. The van der Waals surface area contributed by atoms with Crippen molar-refractivity contribution in [2.75, 3.05) is 11.9 Å². The number of para-hydroxylation sites is 1. The smallest absolute Gasteiger partial charge is 0.278 e. The van der Waals surface area contributed by atoms with E-state index in [1.807, 2.05) is 54.6 Å². The van der Waals surface area contributed by atoms with Crippen molar-refractivity contribution in [3.8, 4) is 0 Å². The Morgan fingerprint density at radius 1 is 0.950 bits per heavy atom. The number of hydrogen-bond donors (Lipinski definition) is 0. The Bertz CT molecular complexity index is 756. The fourth-order valence-corrected chi connectivity index (χ4v) is 2.03. The zero-order chi connectivity index (χ0) is 13.9. The molecule has 3 aromatic rings. The Morgan fingerprint density at radius 3 is 2.45 bits per heavy atom. The van der Waals surface area contributed by atoms with Crippen LogP contribution in [0.3, 0.4) is 0 Å². The van der Waals surface area contributed by atoms with Crippen LogP contribution < -0.4 is 4.90 Å². The third-order valence-corrected chi connectivity index (χ3v) is 3.16. The number of anilines is 1. The average molecular weight is 263 g/mol. The molecule has 98 valence electrons. The number of aromatic nitrogens is 2. The molecule has 4 heteroatoms. The molecule has 0 saturated heterocycles. The van der Waals surface area contributed by atoms with Crippen molar-refractivity contribution in [3.63, 3.8) is 0 Å². The van der Waals surface area contributed by atoms with Crippen LogP contribution in [0.5, 0.6) is 0 Å². The van der Waals surface area contributed by atoms with Crippen LogP contribution in [-0.2, 0) is 0 Å². The molecule has 0 N–H and O–H groups in total. The Balaban J connectivity index is 1.96. The summed E-state index contributed by atoms with van der Waals surface area (Å²) in [5.41, 5.74) is 1.95. The molecule has 0 aliphatic carbocycles. The summed E-state index contributed by atoms with van der Waals surface area (Å²) in [6.45, 7) is 0. The first-order chi connectivity index (χ1) is 9.75. The van der Waals surface area contributed by atoms with Crippen molar-refractivity contribution in [1.29, 1.82) is 0 Å². The van der Waals surface area contributed by atoms with E-state index in [2.05, 4.69) is 10.2 Å². The molecule has 0 saturated carbocycles. The van der Waals surface area contributed by atoms with Gasteiger partial charge in [0, 0.05) is 18.1 Å². The first-order valence-electron chi connectivity index (χ1n) is 6.31. The number of hydrogen-bond acceptors (Lipinski definition) is 3. The minimum atomic E-state index is -0.172. The number of rotatable bonds is 2. The van der Waals surface area contributed by atoms with Gasteiger partial charge in [0.15, 0.2) is 5.69 Å². The number of fused-ring (bicyclic) bond motifs is 1. The fourth-order valence-electron chi connectivity index (χ4n) is 2.03. The lowest BCUT2D eigenvalue weighted by Crippen LogP contribution is -2.27. The van der Waals surface area contributed by atoms with E-state index in [0.717, 1.165) is 16.6 Å². The Hall–Kier alpha value is -2.75. The monoisotopic (exact) mass is 263 g/mol. The molecule has 0 atom stereocenters. The van der Waals surface area contributed by atoms with E-state index in [1.54, 1.807) is 18.0 Å². The normalized spacial score (nSPS) is 10.4. The summed E-state index contributed by atoms with van der Waals surface area (Å²) in [6, 6.07) is 18.8. The first-order valence-corrected chi connectivity index (χ1v) is 6.31. The predicted molar refractivity (Wildman–Crippen MR) is 78.7 cm³/mol. The Kier molecular flexibility index (Phi) is 3.13. The molecule has 20 heavy (non-hydrogen) atoms. The highest BCUT2D eigenvalue weighted by molar-refractivity contribution is 6.05. The van der Waals surface area contributed by atoms with E-state index in [4.69, 9.17) is 0 Å². The number of carbonyl (C=O) groups excluding carboxylic acids is 1. The quantitative estimate of drug-likeness (QED) is 0.714. The van der Waals surface area contributed by atoms with Crippen LogP contribution in [0.25, 0.3) is 10.9 Å². The minimum Gasteiger partial charge on any atom is -0.310 e.